The van der Waals surface area contributed by atoms with Crippen LogP contribution in [0.5, 0.6) is 0 Å². The van der Waals surface area contributed by atoms with Gasteiger partial charge in [0.15, 0.2) is 11.6 Å². The minimum absolute atomic E-state index is 0.0336. The summed E-state index contributed by atoms with van der Waals surface area (Å²) in [7, 11) is 0. The van der Waals surface area contributed by atoms with Crippen LogP contribution in [0.4, 0.5) is 0 Å². The summed E-state index contributed by atoms with van der Waals surface area (Å²) in [6.45, 7) is 0. The fraction of sp³-hybridized carbons (Fsp3) is 0. The van der Waals surface area contributed by atoms with E-state index in [-0.39, 0.29) is 5.78 Å². The summed E-state index contributed by atoms with van der Waals surface area (Å²) in [5, 5.41) is 1.91. The van der Waals surface area contributed by atoms with Crippen LogP contribution in [-0.2, 0) is 0 Å². The van der Waals surface area contributed by atoms with E-state index in [1.165, 1.54) is 11.3 Å². The number of ketones is 1. The molecule has 2 aromatic heterocycles. The van der Waals surface area contributed by atoms with Gasteiger partial charge in [-0.1, -0.05) is 60.7 Å². The smallest absolute Gasteiger partial charge is 0.195 e. The zero-order chi connectivity index (χ0) is 18.5. The quantitative estimate of drug-likeness (QED) is 0.260. The highest BCUT2D eigenvalue weighted by atomic mass is 32.1. The molecule has 130 valence electrons. The van der Waals surface area contributed by atoms with E-state index in [1.807, 2.05) is 78.2 Å². The first-order valence-electron chi connectivity index (χ1n) is 8.54. The van der Waals surface area contributed by atoms with Crippen LogP contribution in [0.15, 0.2) is 90.6 Å². The molecule has 0 radical (unpaired) electrons. The number of allylic oxidation sites excluding steroid dienone is 1. The molecular formula is C23H16N2OS. The largest absolute Gasteiger partial charge is 0.289 e. The number of rotatable bonds is 5. The van der Waals surface area contributed by atoms with Crippen LogP contribution >= 0.6 is 11.3 Å². The zero-order valence-electron chi connectivity index (χ0n) is 14.4. The average Bonchev–Trinajstić information content (AvgIpc) is 3.23. The van der Waals surface area contributed by atoms with Gasteiger partial charge in [0.25, 0.3) is 0 Å². The van der Waals surface area contributed by atoms with Crippen LogP contribution in [-0.4, -0.2) is 15.8 Å². The normalized spacial score (nSPS) is 11.3. The topological polar surface area (TPSA) is 42.9 Å². The molecule has 0 bridgehead atoms. The molecule has 0 N–H and O–H groups in total. The van der Waals surface area contributed by atoms with Crippen molar-refractivity contribution in [2.24, 2.45) is 0 Å². The molecule has 0 fully saturated rings. The Bertz CT molecular complexity index is 1070. The van der Waals surface area contributed by atoms with E-state index in [2.05, 4.69) is 9.97 Å². The fourth-order valence-corrected chi connectivity index (χ4v) is 3.68. The molecule has 0 saturated heterocycles. The van der Waals surface area contributed by atoms with Gasteiger partial charge in [-0.15, -0.1) is 11.3 Å². The molecule has 0 aliphatic carbocycles. The second-order valence-electron chi connectivity index (χ2n) is 5.90. The maximum absolute atomic E-state index is 13.5. The monoisotopic (exact) mass is 368 g/mol. The Labute approximate surface area is 161 Å². The Morgan fingerprint density at radius 2 is 1.48 bits per heavy atom. The minimum atomic E-state index is -0.0336. The average molecular weight is 368 g/mol. The zero-order valence-corrected chi connectivity index (χ0v) is 15.3. The number of carbonyl (C=O) groups excluding carboxylic acids is 1. The standard InChI is InChI=1S/C23H16N2OS/c26-21(19-12-15-27-22(19)23-24-13-7-14-25-23)20(18-10-5-2-6-11-18)16-17-8-3-1-4-9-17/h1-16H/b20-16+. The number of carbonyl (C=O) groups is 1. The molecule has 2 aromatic carbocycles. The molecule has 0 aliphatic heterocycles. The van der Waals surface area contributed by atoms with Crippen molar-refractivity contribution in [3.63, 3.8) is 0 Å². The summed E-state index contributed by atoms with van der Waals surface area (Å²) in [6, 6.07) is 23.2. The van der Waals surface area contributed by atoms with E-state index in [4.69, 9.17) is 0 Å². The second kappa shape index (κ2) is 7.89. The lowest BCUT2D eigenvalue weighted by Gasteiger charge is -2.08. The Morgan fingerprint density at radius 1 is 0.815 bits per heavy atom. The van der Waals surface area contributed by atoms with Gasteiger partial charge in [0.2, 0.25) is 0 Å². The molecular weight excluding hydrogens is 352 g/mol. The molecule has 4 aromatic rings. The molecule has 3 nitrogen and oxygen atoms in total. The number of nitrogens with zero attached hydrogens (tertiary/aromatic N) is 2. The molecule has 0 spiro atoms. The molecule has 0 aliphatic rings. The maximum atomic E-state index is 13.5. The molecule has 4 rings (SSSR count). The van der Waals surface area contributed by atoms with Crippen molar-refractivity contribution in [2.45, 2.75) is 0 Å². The Balaban J connectivity index is 1.82. The van der Waals surface area contributed by atoms with Gasteiger partial charge in [0, 0.05) is 23.5 Å². The summed E-state index contributed by atoms with van der Waals surface area (Å²) in [4.78, 5) is 22.9. The lowest BCUT2D eigenvalue weighted by atomic mass is 9.95. The van der Waals surface area contributed by atoms with Gasteiger partial charge in [-0.2, -0.15) is 0 Å². The van der Waals surface area contributed by atoms with Crippen LogP contribution in [0, 0.1) is 0 Å². The Hall–Kier alpha value is -3.37. The third kappa shape index (κ3) is 3.76. The second-order valence-corrected chi connectivity index (χ2v) is 6.82. The van der Waals surface area contributed by atoms with Crippen molar-refractivity contribution in [3.05, 3.63) is 107 Å². The molecule has 2 heterocycles. The van der Waals surface area contributed by atoms with Gasteiger partial charge < -0.3 is 0 Å². The first kappa shape index (κ1) is 17.1. The predicted octanol–water partition coefficient (Wildman–Crippen LogP) is 5.63. The van der Waals surface area contributed by atoms with Gasteiger partial charge in [-0.05, 0) is 34.7 Å². The number of benzene rings is 2. The van der Waals surface area contributed by atoms with Crippen LogP contribution < -0.4 is 0 Å². The molecule has 27 heavy (non-hydrogen) atoms. The van der Waals surface area contributed by atoms with Crippen molar-refractivity contribution in [2.75, 3.05) is 0 Å². The number of aromatic nitrogens is 2. The summed E-state index contributed by atoms with van der Waals surface area (Å²) >= 11 is 1.48. The fourth-order valence-electron chi connectivity index (χ4n) is 2.84. The summed E-state index contributed by atoms with van der Waals surface area (Å²) in [5.41, 5.74) is 3.14. The van der Waals surface area contributed by atoms with Gasteiger partial charge >= 0.3 is 0 Å². The molecule has 0 saturated carbocycles. The van der Waals surface area contributed by atoms with Gasteiger partial charge in [0.1, 0.15) is 0 Å². The highest BCUT2D eigenvalue weighted by Gasteiger charge is 2.20. The van der Waals surface area contributed by atoms with Crippen LogP contribution in [0.2, 0.25) is 0 Å². The van der Waals surface area contributed by atoms with Gasteiger partial charge in [-0.25, -0.2) is 9.97 Å². The van der Waals surface area contributed by atoms with E-state index < -0.39 is 0 Å². The maximum Gasteiger partial charge on any atom is 0.195 e. The summed E-state index contributed by atoms with van der Waals surface area (Å²) in [5.74, 6) is 0.539. The first-order chi connectivity index (χ1) is 13.3. The number of hydrogen-bond acceptors (Lipinski definition) is 4. The Kier molecular flexibility index (Phi) is 4.99. The highest BCUT2D eigenvalue weighted by molar-refractivity contribution is 7.14. The minimum Gasteiger partial charge on any atom is -0.289 e. The van der Waals surface area contributed by atoms with Crippen LogP contribution in [0.1, 0.15) is 21.5 Å². The van der Waals surface area contributed by atoms with Crippen LogP contribution in [0.25, 0.3) is 22.4 Å². The number of Topliss-reactive ketones (excluding diaryl/α,β-unsaturated/α-hetero) is 1. The van der Waals surface area contributed by atoms with E-state index in [0.29, 0.717) is 17.0 Å². The third-order valence-corrected chi connectivity index (χ3v) is 5.03. The van der Waals surface area contributed by atoms with E-state index >= 15 is 0 Å². The van der Waals surface area contributed by atoms with E-state index in [9.17, 15) is 4.79 Å². The first-order valence-corrected chi connectivity index (χ1v) is 9.42. The van der Waals surface area contributed by atoms with Gasteiger partial charge in [0.05, 0.1) is 4.88 Å². The number of thiophene rings is 1. The highest BCUT2D eigenvalue weighted by Crippen LogP contribution is 2.31. The molecule has 0 amide bonds. The van der Waals surface area contributed by atoms with Crippen molar-refractivity contribution < 1.29 is 4.79 Å². The Morgan fingerprint density at radius 3 is 2.19 bits per heavy atom. The lowest BCUT2D eigenvalue weighted by Crippen LogP contribution is -2.04. The van der Waals surface area contributed by atoms with Crippen LogP contribution in [0.3, 0.4) is 0 Å². The van der Waals surface area contributed by atoms with Crippen molar-refractivity contribution >= 4 is 28.8 Å². The van der Waals surface area contributed by atoms with Crippen molar-refractivity contribution in [3.8, 4) is 10.7 Å². The third-order valence-electron chi connectivity index (χ3n) is 4.12. The molecule has 0 atom stereocenters. The van der Waals surface area contributed by atoms with E-state index in [1.54, 1.807) is 18.5 Å². The predicted molar refractivity (Wildman–Crippen MR) is 110 cm³/mol. The van der Waals surface area contributed by atoms with Gasteiger partial charge in [-0.3, -0.25) is 4.79 Å². The van der Waals surface area contributed by atoms with E-state index in [0.717, 1.165) is 16.0 Å². The summed E-state index contributed by atoms with van der Waals surface area (Å²) < 4.78 is 0. The molecule has 4 heteroatoms. The number of hydrogen-bond donors (Lipinski definition) is 0. The SMILES string of the molecule is O=C(/C(=C/c1ccccc1)c1ccccc1)c1ccsc1-c1ncccn1. The lowest BCUT2D eigenvalue weighted by molar-refractivity contribution is 0.105. The molecule has 0 unspecified atom stereocenters. The summed E-state index contributed by atoms with van der Waals surface area (Å²) in [6.07, 6.45) is 5.31. The van der Waals surface area contributed by atoms with Crippen molar-refractivity contribution in [1.82, 2.24) is 9.97 Å². The van der Waals surface area contributed by atoms with Crippen molar-refractivity contribution in [1.29, 1.82) is 0 Å².